The summed E-state index contributed by atoms with van der Waals surface area (Å²) in [6.45, 7) is 2.26. The van der Waals surface area contributed by atoms with Crippen molar-refractivity contribution in [2.75, 3.05) is 0 Å². The number of nitrogens with zero attached hydrogens (tertiary/aromatic N) is 1. The quantitative estimate of drug-likeness (QED) is 0.299. The van der Waals surface area contributed by atoms with Crippen molar-refractivity contribution in [3.05, 3.63) is 30.1 Å². The first kappa shape index (κ1) is 22.4. The number of benzene rings is 1. The van der Waals surface area contributed by atoms with Crippen LogP contribution in [-0.4, -0.2) is 21.0 Å². The molecule has 4 heteroatoms. The second-order valence-corrected chi connectivity index (χ2v) is 8.06. The van der Waals surface area contributed by atoms with Gasteiger partial charge in [-0.05, 0) is 18.6 Å². The van der Waals surface area contributed by atoms with Crippen LogP contribution in [0.1, 0.15) is 109 Å². The number of aliphatic carboxylic acids is 1. The van der Waals surface area contributed by atoms with Crippen molar-refractivity contribution in [3.8, 4) is 0 Å². The van der Waals surface area contributed by atoms with Crippen molar-refractivity contribution in [1.82, 2.24) is 9.97 Å². The van der Waals surface area contributed by atoms with Crippen molar-refractivity contribution >= 4 is 17.0 Å². The zero-order valence-electron chi connectivity index (χ0n) is 17.6. The number of imidazole rings is 1. The lowest BCUT2D eigenvalue weighted by Gasteiger charge is -2.09. The highest BCUT2D eigenvalue weighted by molar-refractivity contribution is 5.79. The van der Waals surface area contributed by atoms with Crippen molar-refractivity contribution < 1.29 is 9.90 Å². The van der Waals surface area contributed by atoms with E-state index < -0.39 is 11.9 Å². The first-order chi connectivity index (χ1) is 13.7. The number of aromatic nitrogens is 2. The third kappa shape index (κ3) is 8.04. The van der Waals surface area contributed by atoms with Crippen LogP contribution in [0.25, 0.3) is 11.0 Å². The molecule has 0 aliphatic heterocycles. The third-order valence-electron chi connectivity index (χ3n) is 5.63. The molecule has 0 aliphatic carbocycles. The Bertz CT molecular complexity index is 647. The molecule has 0 fully saturated rings. The summed E-state index contributed by atoms with van der Waals surface area (Å²) in [4.78, 5) is 19.3. The van der Waals surface area contributed by atoms with Gasteiger partial charge in [-0.3, -0.25) is 4.79 Å². The monoisotopic (exact) mass is 386 g/mol. The number of para-hydroxylation sites is 2. The lowest BCUT2D eigenvalue weighted by Crippen LogP contribution is -2.13. The molecule has 0 bridgehead atoms. The minimum absolute atomic E-state index is 0.528. The average molecular weight is 387 g/mol. The second kappa shape index (κ2) is 13.4. The molecule has 0 spiro atoms. The molecule has 0 saturated heterocycles. The summed E-state index contributed by atoms with van der Waals surface area (Å²) >= 11 is 0. The smallest absolute Gasteiger partial charge is 0.314 e. The van der Waals surface area contributed by atoms with E-state index in [4.69, 9.17) is 0 Å². The van der Waals surface area contributed by atoms with Gasteiger partial charge in [-0.25, -0.2) is 4.98 Å². The summed E-state index contributed by atoms with van der Waals surface area (Å²) in [7, 11) is 0. The predicted octanol–water partition coefficient (Wildman–Crippen LogP) is 7.21. The largest absolute Gasteiger partial charge is 0.481 e. The second-order valence-electron chi connectivity index (χ2n) is 8.06. The number of carboxylic acid groups (broad SMARTS) is 1. The highest BCUT2D eigenvalue weighted by atomic mass is 16.4. The zero-order valence-corrected chi connectivity index (χ0v) is 17.6. The topological polar surface area (TPSA) is 66.0 Å². The van der Waals surface area contributed by atoms with Gasteiger partial charge in [0.15, 0.2) is 0 Å². The number of carbonyl (C=O) groups is 1. The molecule has 1 heterocycles. The number of aromatic amines is 1. The zero-order chi connectivity index (χ0) is 20.0. The van der Waals surface area contributed by atoms with Gasteiger partial charge >= 0.3 is 5.97 Å². The van der Waals surface area contributed by atoms with Gasteiger partial charge in [0.2, 0.25) is 0 Å². The minimum Gasteiger partial charge on any atom is -0.481 e. The van der Waals surface area contributed by atoms with Crippen LogP contribution < -0.4 is 0 Å². The van der Waals surface area contributed by atoms with Gasteiger partial charge in [0, 0.05) is 0 Å². The molecule has 156 valence electrons. The van der Waals surface area contributed by atoms with Crippen LogP contribution in [0.5, 0.6) is 0 Å². The van der Waals surface area contributed by atoms with Crippen molar-refractivity contribution in [3.63, 3.8) is 0 Å². The molecule has 0 aliphatic rings. The Hall–Kier alpha value is -1.84. The maximum atomic E-state index is 11.7. The average Bonchev–Trinajstić information content (AvgIpc) is 3.11. The van der Waals surface area contributed by atoms with Crippen LogP contribution in [0.15, 0.2) is 24.3 Å². The van der Waals surface area contributed by atoms with Gasteiger partial charge in [0.05, 0.1) is 11.0 Å². The summed E-state index contributed by atoms with van der Waals surface area (Å²) in [5.74, 6) is -0.717. The number of fused-ring (bicyclic) bond motifs is 1. The number of nitrogens with one attached hydrogen (secondary N) is 1. The van der Waals surface area contributed by atoms with E-state index in [1.807, 2.05) is 24.3 Å². The minimum atomic E-state index is -0.780. The fourth-order valence-corrected chi connectivity index (χ4v) is 3.88. The molecule has 28 heavy (non-hydrogen) atoms. The molecular weight excluding hydrogens is 348 g/mol. The number of rotatable bonds is 16. The van der Waals surface area contributed by atoms with E-state index in [1.165, 1.54) is 70.6 Å². The Morgan fingerprint density at radius 3 is 1.96 bits per heavy atom. The van der Waals surface area contributed by atoms with E-state index in [0.717, 1.165) is 23.9 Å². The van der Waals surface area contributed by atoms with Crippen LogP contribution in [0.3, 0.4) is 0 Å². The van der Waals surface area contributed by atoms with Crippen molar-refractivity contribution in [2.24, 2.45) is 0 Å². The maximum Gasteiger partial charge on any atom is 0.314 e. The molecule has 0 saturated carbocycles. The van der Waals surface area contributed by atoms with Gasteiger partial charge in [-0.1, -0.05) is 103 Å². The van der Waals surface area contributed by atoms with E-state index in [0.29, 0.717) is 12.2 Å². The number of unbranched alkanes of at least 4 members (excludes halogenated alkanes) is 12. The Morgan fingerprint density at radius 1 is 0.893 bits per heavy atom. The van der Waals surface area contributed by atoms with Crippen LogP contribution in [0, 0.1) is 0 Å². The van der Waals surface area contributed by atoms with Crippen LogP contribution >= 0.6 is 0 Å². The Labute approximate surface area is 170 Å². The standard InChI is InChI=1S/C24H38N2O2/c1-2-3-4-5-6-7-8-9-10-11-12-13-14-17-20(24(27)28)23-25-21-18-15-16-19-22(21)26-23/h15-16,18-20H,2-14,17H2,1H3,(H,25,26)(H,27,28). The van der Waals surface area contributed by atoms with E-state index in [2.05, 4.69) is 16.9 Å². The van der Waals surface area contributed by atoms with Crippen molar-refractivity contribution in [1.29, 1.82) is 0 Å². The first-order valence-corrected chi connectivity index (χ1v) is 11.4. The molecule has 1 unspecified atom stereocenters. The van der Waals surface area contributed by atoms with Crippen LogP contribution in [0.4, 0.5) is 0 Å². The Balaban J connectivity index is 1.54. The van der Waals surface area contributed by atoms with Gasteiger partial charge in [-0.2, -0.15) is 0 Å². The molecule has 2 N–H and O–H groups in total. The highest BCUT2D eigenvalue weighted by Crippen LogP contribution is 2.24. The summed E-state index contributed by atoms with van der Waals surface area (Å²) in [5.41, 5.74) is 1.75. The highest BCUT2D eigenvalue weighted by Gasteiger charge is 2.22. The number of H-pyrrole nitrogens is 1. The Morgan fingerprint density at radius 2 is 1.43 bits per heavy atom. The maximum absolute atomic E-state index is 11.7. The van der Waals surface area contributed by atoms with Gasteiger partial charge in [0.25, 0.3) is 0 Å². The van der Waals surface area contributed by atoms with Crippen molar-refractivity contribution in [2.45, 2.75) is 103 Å². The molecule has 0 amide bonds. The Kier molecular flexibility index (Phi) is 10.7. The predicted molar refractivity (Wildman–Crippen MR) is 117 cm³/mol. The first-order valence-electron chi connectivity index (χ1n) is 11.4. The molecular formula is C24H38N2O2. The van der Waals surface area contributed by atoms with Gasteiger partial charge < -0.3 is 10.1 Å². The third-order valence-corrected chi connectivity index (χ3v) is 5.63. The molecule has 1 aromatic carbocycles. The fourth-order valence-electron chi connectivity index (χ4n) is 3.88. The lowest BCUT2D eigenvalue weighted by molar-refractivity contribution is -0.139. The van der Waals surface area contributed by atoms with E-state index in [9.17, 15) is 9.90 Å². The normalized spacial score (nSPS) is 12.5. The fraction of sp³-hybridized carbons (Fsp3) is 0.667. The van der Waals surface area contributed by atoms with Crippen LogP contribution in [0.2, 0.25) is 0 Å². The van der Waals surface area contributed by atoms with E-state index in [1.54, 1.807) is 0 Å². The molecule has 2 aromatic rings. The molecule has 0 radical (unpaired) electrons. The summed E-state index contributed by atoms with van der Waals surface area (Å²) in [6, 6.07) is 7.72. The van der Waals surface area contributed by atoms with Crippen LogP contribution in [-0.2, 0) is 4.79 Å². The number of hydrogen-bond acceptors (Lipinski definition) is 2. The summed E-state index contributed by atoms with van der Waals surface area (Å²) in [5, 5.41) is 9.58. The van der Waals surface area contributed by atoms with Gasteiger partial charge in [-0.15, -0.1) is 0 Å². The molecule has 2 rings (SSSR count). The molecule has 1 atom stereocenters. The lowest BCUT2D eigenvalue weighted by atomic mass is 9.99. The molecule has 4 nitrogen and oxygen atoms in total. The van der Waals surface area contributed by atoms with Gasteiger partial charge in [0.1, 0.15) is 11.7 Å². The summed E-state index contributed by atoms with van der Waals surface area (Å²) < 4.78 is 0. The van der Waals surface area contributed by atoms with E-state index in [-0.39, 0.29) is 0 Å². The number of hydrogen-bond donors (Lipinski definition) is 2. The summed E-state index contributed by atoms with van der Waals surface area (Å²) in [6.07, 6.45) is 17.6. The van der Waals surface area contributed by atoms with E-state index >= 15 is 0 Å². The number of carboxylic acids is 1. The molecule has 1 aromatic heterocycles. The SMILES string of the molecule is CCCCCCCCCCCCCCCC(C(=O)O)c1nc2ccccc2[nH]1.